The minimum Gasteiger partial charge on any atom is -0.346 e. The average molecular weight is 475 g/mol. The first-order valence-electron chi connectivity index (χ1n) is 11.8. The molecule has 0 bridgehead atoms. The molecule has 6 rings (SSSR count). The highest BCUT2D eigenvalue weighted by Crippen LogP contribution is 2.36. The van der Waals surface area contributed by atoms with E-state index < -0.39 is 11.6 Å². The van der Waals surface area contributed by atoms with Crippen molar-refractivity contribution < 1.29 is 18.4 Å². The Hall–Kier alpha value is -3.88. The van der Waals surface area contributed by atoms with Crippen LogP contribution in [0.2, 0.25) is 0 Å². The molecule has 0 spiro atoms. The molecule has 2 aromatic carbocycles. The zero-order valence-electron chi connectivity index (χ0n) is 18.9. The maximum absolute atomic E-state index is 14.4. The number of carbonyl (C=O) groups is 2. The number of carbonyl (C=O) groups excluding carboxylic acids is 2. The van der Waals surface area contributed by atoms with Gasteiger partial charge >= 0.3 is 0 Å². The molecule has 178 valence electrons. The monoisotopic (exact) mass is 475 g/mol. The number of hydrogen-bond acceptors (Lipinski definition) is 5. The van der Waals surface area contributed by atoms with E-state index in [-0.39, 0.29) is 47.0 Å². The van der Waals surface area contributed by atoms with Crippen molar-refractivity contribution in [3.8, 4) is 11.4 Å². The van der Waals surface area contributed by atoms with Gasteiger partial charge in [0.1, 0.15) is 23.0 Å². The number of fused-ring (bicyclic) bond motifs is 1. The summed E-state index contributed by atoms with van der Waals surface area (Å²) in [5.41, 5.74) is 1.85. The Balaban J connectivity index is 1.29. The first kappa shape index (κ1) is 21.6. The van der Waals surface area contributed by atoms with Crippen LogP contribution in [0.5, 0.6) is 0 Å². The lowest BCUT2D eigenvalue weighted by Crippen LogP contribution is -2.41. The van der Waals surface area contributed by atoms with Crippen molar-refractivity contribution in [3.63, 3.8) is 0 Å². The van der Waals surface area contributed by atoms with Gasteiger partial charge in [-0.15, -0.1) is 0 Å². The summed E-state index contributed by atoms with van der Waals surface area (Å²) in [4.78, 5) is 35.9. The van der Waals surface area contributed by atoms with Crippen LogP contribution in [0.3, 0.4) is 0 Å². The Kier molecular flexibility index (Phi) is 5.20. The molecule has 3 aromatic rings. The van der Waals surface area contributed by atoms with Crippen molar-refractivity contribution >= 4 is 23.3 Å². The van der Waals surface area contributed by atoms with Crippen molar-refractivity contribution in [1.82, 2.24) is 20.2 Å². The minimum absolute atomic E-state index is 0.136. The SMILES string of the molecule is O=C1NCc2nc(-c3c(F)cccc3F)nc(Nc3ccc([C@H]4CCN(C5CCC5)C4=O)cc3)c21. The van der Waals surface area contributed by atoms with Gasteiger partial charge in [0.15, 0.2) is 5.82 Å². The van der Waals surface area contributed by atoms with Crippen LogP contribution in [0.4, 0.5) is 20.3 Å². The van der Waals surface area contributed by atoms with Gasteiger partial charge in [0, 0.05) is 18.3 Å². The second-order valence-electron chi connectivity index (χ2n) is 9.20. The highest BCUT2D eigenvalue weighted by molar-refractivity contribution is 6.03. The number of anilines is 2. The fourth-order valence-electron chi connectivity index (χ4n) is 5.05. The number of nitrogens with zero attached hydrogens (tertiary/aromatic N) is 3. The summed E-state index contributed by atoms with van der Waals surface area (Å²) >= 11 is 0. The predicted octanol–water partition coefficient (Wildman–Crippen LogP) is 4.28. The van der Waals surface area contributed by atoms with Gasteiger partial charge in [-0.1, -0.05) is 18.2 Å². The smallest absolute Gasteiger partial charge is 0.257 e. The lowest BCUT2D eigenvalue weighted by Gasteiger charge is -2.34. The van der Waals surface area contributed by atoms with Gasteiger partial charge in [0.2, 0.25) is 5.91 Å². The van der Waals surface area contributed by atoms with Gasteiger partial charge in [-0.25, -0.2) is 18.7 Å². The number of nitrogens with one attached hydrogen (secondary N) is 2. The molecule has 1 saturated heterocycles. The lowest BCUT2D eigenvalue weighted by molar-refractivity contribution is -0.132. The van der Waals surface area contributed by atoms with Crippen LogP contribution in [0.1, 0.15) is 53.2 Å². The van der Waals surface area contributed by atoms with Crippen LogP contribution in [0, 0.1) is 11.6 Å². The summed E-state index contributed by atoms with van der Waals surface area (Å²) in [7, 11) is 0. The molecule has 7 nitrogen and oxygen atoms in total. The number of rotatable bonds is 5. The Bertz CT molecular complexity index is 1320. The van der Waals surface area contributed by atoms with Crippen LogP contribution in [-0.4, -0.2) is 39.3 Å². The number of amides is 2. The number of aromatic nitrogens is 2. The van der Waals surface area contributed by atoms with E-state index in [9.17, 15) is 18.4 Å². The van der Waals surface area contributed by atoms with E-state index in [1.807, 2.05) is 29.2 Å². The van der Waals surface area contributed by atoms with Gasteiger partial charge in [-0.3, -0.25) is 9.59 Å². The second-order valence-corrected chi connectivity index (χ2v) is 9.20. The van der Waals surface area contributed by atoms with Crippen LogP contribution >= 0.6 is 0 Å². The molecule has 35 heavy (non-hydrogen) atoms. The van der Waals surface area contributed by atoms with Crippen molar-refractivity contribution in [2.24, 2.45) is 0 Å². The topological polar surface area (TPSA) is 87.2 Å². The zero-order chi connectivity index (χ0) is 24.1. The van der Waals surface area contributed by atoms with E-state index in [1.54, 1.807) is 0 Å². The molecule has 0 unspecified atom stereocenters. The second kappa shape index (κ2) is 8.41. The molecule has 3 heterocycles. The Morgan fingerprint density at radius 1 is 0.943 bits per heavy atom. The molecule has 2 amide bonds. The van der Waals surface area contributed by atoms with Gasteiger partial charge in [-0.05, 0) is 55.5 Å². The molecule has 9 heteroatoms. The maximum atomic E-state index is 14.4. The lowest BCUT2D eigenvalue weighted by atomic mass is 9.91. The summed E-state index contributed by atoms with van der Waals surface area (Å²) in [5, 5.41) is 5.79. The molecule has 3 aliphatic rings. The van der Waals surface area contributed by atoms with Gasteiger partial charge < -0.3 is 15.5 Å². The molecule has 2 aliphatic heterocycles. The summed E-state index contributed by atoms with van der Waals surface area (Å²) in [6.45, 7) is 0.945. The summed E-state index contributed by atoms with van der Waals surface area (Å²) in [6.07, 6.45) is 4.18. The largest absolute Gasteiger partial charge is 0.346 e. The fourth-order valence-corrected chi connectivity index (χ4v) is 5.05. The summed E-state index contributed by atoms with van der Waals surface area (Å²) < 4.78 is 28.8. The molecule has 0 radical (unpaired) electrons. The van der Waals surface area contributed by atoms with Crippen LogP contribution in [-0.2, 0) is 11.3 Å². The highest BCUT2D eigenvalue weighted by Gasteiger charge is 2.38. The Morgan fingerprint density at radius 3 is 2.37 bits per heavy atom. The number of likely N-dealkylation sites (tertiary alicyclic amines) is 1. The standard InChI is InChI=1S/C26H23F2N5O2/c27-18-5-2-6-19(28)21(18)23-31-20-13-29-25(34)22(20)24(32-23)30-15-9-7-14(8-10-15)17-11-12-33(26(17)35)16-3-1-4-16/h2,5-10,16-17H,1,3-4,11-13H2,(H,29,34)(H,30,31,32)/t17-/m1/s1. The van der Waals surface area contributed by atoms with Crippen molar-refractivity contribution in [3.05, 3.63) is 70.9 Å². The van der Waals surface area contributed by atoms with E-state index in [2.05, 4.69) is 20.6 Å². The maximum Gasteiger partial charge on any atom is 0.257 e. The average Bonchev–Trinajstić information content (AvgIpc) is 3.36. The third-order valence-electron chi connectivity index (χ3n) is 7.14. The molecule has 1 atom stereocenters. The van der Waals surface area contributed by atoms with Crippen molar-refractivity contribution in [2.75, 3.05) is 11.9 Å². The first-order chi connectivity index (χ1) is 17.0. The van der Waals surface area contributed by atoms with Crippen molar-refractivity contribution in [2.45, 2.75) is 44.2 Å². The summed E-state index contributed by atoms with van der Waals surface area (Å²) in [5.74, 6) is -1.84. The molecule has 1 saturated carbocycles. The van der Waals surface area contributed by atoms with E-state index in [0.29, 0.717) is 17.4 Å². The van der Waals surface area contributed by atoms with E-state index in [1.165, 1.54) is 12.5 Å². The third kappa shape index (κ3) is 3.71. The molecule has 1 aromatic heterocycles. The van der Waals surface area contributed by atoms with Crippen LogP contribution in [0.15, 0.2) is 42.5 Å². The van der Waals surface area contributed by atoms with E-state index in [0.717, 1.165) is 43.5 Å². The number of hydrogen-bond donors (Lipinski definition) is 2. The first-order valence-corrected chi connectivity index (χ1v) is 11.8. The predicted molar refractivity (Wildman–Crippen MR) is 125 cm³/mol. The molecule has 2 N–H and O–H groups in total. The Labute approximate surface area is 200 Å². The van der Waals surface area contributed by atoms with Crippen LogP contribution < -0.4 is 10.6 Å². The number of halogens is 2. The van der Waals surface area contributed by atoms with E-state index >= 15 is 0 Å². The zero-order valence-corrected chi connectivity index (χ0v) is 18.9. The minimum atomic E-state index is -0.783. The third-order valence-corrected chi connectivity index (χ3v) is 7.14. The molecule has 1 aliphatic carbocycles. The van der Waals surface area contributed by atoms with Crippen LogP contribution in [0.25, 0.3) is 11.4 Å². The summed E-state index contributed by atoms with van der Waals surface area (Å²) in [6, 6.07) is 11.4. The normalized spacial score (nSPS) is 19.5. The Morgan fingerprint density at radius 2 is 1.69 bits per heavy atom. The highest BCUT2D eigenvalue weighted by atomic mass is 19.1. The van der Waals surface area contributed by atoms with Gasteiger partial charge in [0.05, 0.1) is 23.7 Å². The molecule has 2 fully saturated rings. The van der Waals surface area contributed by atoms with E-state index in [4.69, 9.17) is 0 Å². The molecular formula is C26H23F2N5O2. The molecular weight excluding hydrogens is 452 g/mol. The fraction of sp³-hybridized carbons (Fsp3) is 0.308. The quantitative estimate of drug-likeness (QED) is 0.575. The number of benzene rings is 2. The van der Waals surface area contributed by atoms with Gasteiger partial charge in [0.25, 0.3) is 5.91 Å². The van der Waals surface area contributed by atoms with Gasteiger partial charge in [-0.2, -0.15) is 0 Å². The van der Waals surface area contributed by atoms with Crippen molar-refractivity contribution in [1.29, 1.82) is 0 Å².